The summed E-state index contributed by atoms with van der Waals surface area (Å²) in [7, 11) is 0. The van der Waals surface area contributed by atoms with E-state index in [0.717, 1.165) is 0 Å². The molecule has 0 atom stereocenters. The van der Waals surface area contributed by atoms with Crippen molar-refractivity contribution in [2.45, 2.75) is 6.42 Å². The van der Waals surface area contributed by atoms with Crippen molar-refractivity contribution in [3.63, 3.8) is 0 Å². The summed E-state index contributed by atoms with van der Waals surface area (Å²) in [5.74, 6) is -0.638. The van der Waals surface area contributed by atoms with Gasteiger partial charge in [-0.25, -0.2) is 4.98 Å². The lowest BCUT2D eigenvalue weighted by Crippen LogP contribution is -1.95. The van der Waals surface area contributed by atoms with Crippen LogP contribution in [0.3, 0.4) is 0 Å². The van der Waals surface area contributed by atoms with Crippen LogP contribution in [0.15, 0.2) is 30.5 Å². The highest BCUT2D eigenvalue weighted by Crippen LogP contribution is 2.31. The van der Waals surface area contributed by atoms with Crippen LogP contribution in [0.4, 0.5) is 4.39 Å². The second kappa shape index (κ2) is 5.34. The van der Waals surface area contributed by atoms with Crippen molar-refractivity contribution in [3.8, 4) is 17.2 Å². The van der Waals surface area contributed by atoms with Crippen LogP contribution in [0.2, 0.25) is 10.0 Å². The molecule has 0 bridgehead atoms. The molecule has 0 saturated carbocycles. The summed E-state index contributed by atoms with van der Waals surface area (Å²) in [6.07, 6.45) is 1.43. The molecule has 0 saturated heterocycles. The van der Waals surface area contributed by atoms with Gasteiger partial charge in [0.25, 0.3) is 0 Å². The first kappa shape index (κ1) is 12.8. The van der Waals surface area contributed by atoms with Gasteiger partial charge in [-0.2, -0.15) is 9.65 Å². The van der Waals surface area contributed by atoms with Gasteiger partial charge in [-0.05, 0) is 35.4 Å². The number of aromatic nitrogens is 1. The minimum absolute atomic E-state index is 0.0961. The van der Waals surface area contributed by atoms with Crippen LogP contribution in [-0.2, 0) is 6.42 Å². The Kier molecular flexibility index (Phi) is 3.81. The monoisotopic (exact) mass is 280 g/mol. The minimum Gasteiger partial charge on any atom is -0.228 e. The molecular formula is C13H7Cl2FN2. The van der Waals surface area contributed by atoms with E-state index in [4.69, 9.17) is 28.5 Å². The van der Waals surface area contributed by atoms with E-state index in [1.54, 1.807) is 24.3 Å². The first-order chi connectivity index (χ1) is 8.61. The van der Waals surface area contributed by atoms with E-state index in [1.165, 1.54) is 6.20 Å². The van der Waals surface area contributed by atoms with Crippen molar-refractivity contribution in [3.05, 3.63) is 52.0 Å². The average molecular weight is 281 g/mol. The summed E-state index contributed by atoms with van der Waals surface area (Å²) >= 11 is 11.8. The van der Waals surface area contributed by atoms with Gasteiger partial charge in [-0.1, -0.05) is 23.2 Å². The van der Waals surface area contributed by atoms with Crippen molar-refractivity contribution in [2.24, 2.45) is 0 Å². The number of hydrogen-bond donors (Lipinski definition) is 0. The SMILES string of the molecule is N#CCc1ccnc(F)c1-c1cc(Cl)cc(Cl)c1. The fourth-order valence-electron chi connectivity index (χ4n) is 1.71. The molecule has 0 N–H and O–H groups in total. The molecule has 0 amide bonds. The molecule has 0 fully saturated rings. The quantitative estimate of drug-likeness (QED) is 0.771. The third kappa shape index (κ3) is 2.61. The number of nitrogens with zero attached hydrogens (tertiary/aromatic N) is 2. The topological polar surface area (TPSA) is 36.7 Å². The van der Waals surface area contributed by atoms with E-state index in [-0.39, 0.29) is 12.0 Å². The van der Waals surface area contributed by atoms with E-state index in [0.29, 0.717) is 21.2 Å². The summed E-state index contributed by atoms with van der Waals surface area (Å²) in [6, 6.07) is 8.34. The lowest BCUT2D eigenvalue weighted by Gasteiger charge is -2.08. The summed E-state index contributed by atoms with van der Waals surface area (Å²) < 4.78 is 13.8. The van der Waals surface area contributed by atoms with Crippen LogP contribution in [0.1, 0.15) is 5.56 Å². The number of hydrogen-bond acceptors (Lipinski definition) is 2. The highest BCUT2D eigenvalue weighted by atomic mass is 35.5. The summed E-state index contributed by atoms with van der Waals surface area (Å²) in [4.78, 5) is 3.60. The molecule has 0 spiro atoms. The molecule has 1 aromatic heterocycles. The van der Waals surface area contributed by atoms with Gasteiger partial charge in [-0.3, -0.25) is 0 Å². The van der Waals surface area contributed by atoms with Gasteiger partial charge < -0.3 is 0 Å². The Labute approximate surface area is 114 Å². The van der Waals surface area contributed by atoms with Crippen LogP contribution in [0.5, 0.6) is 0 Å². The number of pyridine rings is 1. The Morgan fingerprint density at radius 1 is 1.22 bits per heavy atom. The van der Waals surface area contributed by atoms with Crippen molar-refractivity contribution < 1.29 is 4.39 Å². The molecule has 5 heteroatoms. The predicted octanol–water partition coefficient (Wildman–Crippen LogP) is 4.26. The Hall–Kier alpha value is -1.63. The minimum atomic E-state index is -0.638. The average Bonchev–Trinajstić information content (AvgIpc) is 2.28. The van der Waals surface area contributed by atoms with Gasteiger partial charge in [0.05, 0.1) is 12.5 Å². The molecule has 1 heterocycles. The third-order valence-electron chi connectivity index (χ3n) is 2.41. The molecule has 0 aliphatic carbocycles. The number of rotatable bonds is 2. The molecule has 18 heavy (non-hydrogen) atoms. The smallest absolute Gasteiger partial charge is 0.221 e. The number of halogens is 3. The second-order valence-corrected chi connectivity index (χ2v) is 4.50. The Morgan fingerprint density at radius 3 is 2.50 bits per heavy atom. The molecule has 90 valence electrons. The van der Waals surface area contributed by atoms with Crippen LogP contribution in [0, 0.1) is 17.3 Å². The lowest BCUT2D eigenvalue weighted by atomic mass is 10.00. The van der Waals surface area contributed by atoms with E-state index >= 15 is 0 Å². The Morgan fingerprint density at radius 2 is 1.89 bits per heavy atom. The number of nitriles is 1. The van der Waals surface area contributed by atoms with Gasteiger partial charge in [-0.15, -0.1) is 0 Å². The molecule has 0 aliphatic heterocycles. The molecule has 0 unspecified atom stereocenters. The molecule has 2 rings (SSSR count). The zero-order valence-corrected chi connectivity index (χ0v) is 10.6. The third-order valence-corrected chi connectivity index (χ3v) is 2.85. The highest BCUT2D eigenvalue weighted by Gasteiger charge is 2.13. The standard InChI is InChI=1S/C13H7Cl2FN2/c14-10-5-9(6-11(15)7-10)12-8(1-3-17)2-4-18-13(12)16/h2,4-7H,1H2. The van der Waals surface area contributed by atoms with Crippen LogP contribution in [-0.4, -0.2) is 4.98 Å². The van der Waals surface area contributed by atoms with E-state index in [9.17, 15) is 4.39 Å². The fourth-order valence-corrected chi connectivity index (χ4v) is 2.23. The maximum atomic E-state index is 13.8. The van der Waals surface area contributed by atoms with Crippen molar-refractivity contribution >= 4 is 23.2 Å². The molecule has 2 nitrogen and oxygen atoms in total. The molecule has 2 aromatic rings. The van der Waals surface area contributed by atoms with Crippen LogP contribution in [0.25, 0.3) is 11.1 Å². The van der Waals surface area contributed by atoms with Gasteiger partial charge in [0.1, 0.15) is 0 Å². The summed E-state index contributed by atoms with van der Waals surface area (Å²) in [6.45, 7) is 0. The van der Waals surface area contributed by atoms with Crippen molar-refractivity contribution in [1.82, 2.24) is 4.98 Å². The van der Waals surface area contributed by atoms with E-state index in [1.807, 2.05) is 6.07 Å². The van der Waals surface area contributed by atoms with Gasteiger partial charge in [0.15, 0.2) is 0 Å². The van der Waals surface area contributed by atoms with Crippen molar-refractivity contribution in [2.75, 3.05) is 0 Å². The molecule has 0 radical (unpaired) electrons. The summed E-state index contributed by atoms with van der Waals surface area (Å²) in [5, 5.41) is 9.56. The van der Waals surface area contributed by atoms with Gasteiger partial charge in [0, 0.05) is 21.8 Å². The summed E-state index contributed by atoms with van der Waals surface area (Å²) in [5.41, 5.74) is 1.34. The van der Waals surface area contributed by atoms with E-state index in [2.05, 4.69) is 4.98 Å². The Bertz CT molecular complexity index is 615. The Balaban J connectivity index is 2.66. The van der Waals surface area contributed by atoms with Gasteiger partial charge in [0.2, 0.25) is 5.95 Å². The normalized spacial score (nSPS) is 10.1. The highest BCUT2D eigenvalue weighted by molar-refractivity contribution is 6.35. The zero-order chi connectivity index (χ0) is 13.1. The largest absolute Gasteiger partial charge is 0.228 e. The molecule has 1 aromatic carbocycles. The lowest BCUT2D eigenvalue weighted by molar-refractivity contribution is 0.586. The molecule has 0 aliphatic rings. The fraction of sp³-hybridized carbons (Fsp3) is 0.0769. The first-order valence-electron chi connectivity index (χ1n) is 5.08. The number of benzene rings is 1. The molecular weight excluding hydrogens is 274 g/mol. The van der Waals surface area contributed by atoms with Gasteiger partial charge >= 0.3 is 0 Å². The maximum Gasteiger partial charge on any atom is 0.221 e. The van der Waals surface area contributed by atoms with Crippen molar-refractivity contribution in [1.29, 1.82) is 5.26 Å². The second-order valence-electron chi connectivity index (χ2n) is 3.63. The van der Waals surface area contributed by atoms with E-state index < -0.39 is 5.95 Å². The predicted molar refractivity (Wildman–Crippen MR) is 69.0 cm³/mol. The first-order valence-corrected chi connectivity index (χ1v) is 5.84. The van der Waals surface area contributed by atoms with Crippen LogP contribution >= 0.6 is 23.2 Å². The maximum absolute atomic E-state index is 13.8. The van der Waals surface area contributed by atoms with Crippen LogP contribution < -0.4 is 0 Å². The zero-order valence-electron chi connectivity index (χ0n) is 9.12.